The van der Waals surface area contributed by atoms with Gasteiger partial charge in [0.25, 0.3) is 0 Å². The molecule has 5 heteroatoms. The first kappa shape index (κ1) is 13.3. The standard InChI is InChI=1S/C14H13NO3S/c1-10-15-12(9-19-10)8-18-13-4-2-3-11(7-13)5-6-14(16)17/h2-7,9H,8H2,1H3,(H,16,17). The molecule has 0 unspecified atom stereocenters. The van der Waals surface area contributed by atoms with Gasteiger partial charge in [-0.3, -0.25) is 0 Å². The Morgan fingerprint density at radius 1 is 1.53 bits per heavy atom. The van der Waals surface area contributed by atoms with Crippen molar-refractivity contribution in [2.24, 2.45) is 0 Å². The molecule has 0 aliphatic rings. The van der Waals surface area contributed by atoms with Gasteiger partial charge >= 0.3 is 5.97 Å². The van der Waals surface area contributed by atoms with E-state index in [1.54, 1.807) is 17.4 Å². The second kappa shape index (κ2) is 6.15. The van der Waals surface area contributed by atoms with E-state index < -0.39 is 5.97 Å². The van der Waals surface area contributed by atoms with Gasteiger partial charge in [-0.2, -0.15) is 0 Å². The fraction of sp³-hybridized carbons (Fsp3) is 0.143. The van der Waals surface area contributed by atoms with Gasteiger partial charge in [0.1, 0.15) is 12.4 Å². The molecule has 4 nitrogen and oxygen atoms in total. The fourth-order valence-electron chi connectivity index (χ4n) is 1.51. The molecule has 1 heterocycles. The van der Waals surface area contributed by atoms with Crippen molar-refractivity contribution < 1.29 is 14.6 Å². The highest BCUT2D eigenvalue weighted by Gasteiger charge is 2.00. The number of benzene rings is 1. The molecule has 0 saturated carbocycles. The Kier molecular flexibility index (Phi) is 4.30. The van der Waals surface area contributed by atoms with Crippen molar-refractivity contribution in [1.29, 1.82) is 0 Å². The molecule has 1 aromatic carbocycles. The SMILES string of the molecule is Cc1nc(COc2cccc(C=CC(=O)O)c2)cs1. The molecule has 0 bridgehead atoms. The predicted octanol–water partition coefficient (Wildman–Crippen LogP) is 3.13. The number of carboxylic acid groups (broad SMARTS) is 1. The third kappa shape index (κ3) is 4.22. The topological polar surface area (TPSA) is 59.4 Å². The van der Waals surface area contributed by atoms with Crippen LogP contribution < -0.4 is 4.74 Å². The molecule has 0 atom stereocenters. The Bertz CT molecular complexity index is 604. The zero-order chi connectivity index (χ0) is 13.7. The van der Waals surface area contributed by atoms with E-state index in [9.17, 15) is 4.79 Å². The largest absolute Gasteiger partial charge is 0.487 e. The van der Waals surface area contributed by atoms with Gasteiger partial charge in [0, 0.05) is 11.5 Å². The van der Waals surface area contributed by atoms with Crippen LogP contribution >= 0.6 is 11.3 Å². The van der Waals surface area contributed by atoms with Crippen molar-refractivity contribution in [2.75, 3.05) is 0 Å². The van der Waals surface area contributed by atoms with E-state index in [0.717, 1.165) is 22.3 Å². The van der Waals surface area contributed by atoms with Crippen molar-refractivity contribution in [3.63, 3.8) is 0 Å². The highest BCUT2D eigenvalue weighted by molar-refractivity contribution is 7.09. The van der Waals surface area contributed by atoms with Gasteiger partial charge in [-0.05, 0) is 30.7 Å². The Labute approximate surface area is 115 Å². The van der Waals surface area contributed by atoms with Crippen molar-refractivity contribution in [1.82, 2.24) is 4.98 Å². The zero-order valence-electron chi connectivity index (χ0n) is 10.4. The lowest BCUT2D eigenvalue weighted by molar-refractivity contribution is -0.131. The lowest BCUT2D eigenvalue weighted by Gasteiger charge is -2.04. The van der Waals surface area contributed by atoms with Gasteiger partial charge in [0.2, 0.25) is 0 Å². The quantitative estimate of drug-likeness (QED) is 0.852. The van der Waals surface area contributed by atoms with Crippen LogP contribution in [0.2, 0.25) is 0 Å². The van der Waals surface area contributed by atoms with Gasteiger partial charge in [-0.15, -0.1) is 11.3 Å². The molecule has 0 aliphatic heterocycles. The van der Waals surface area contributed by atoms with E-state index in [4.69, 9.17) is 9.84 Å². The molecule has 0 radical (unpaired) electrons. The molecule has 2 rings (SSSR count). The molecule has 0 spiro atoms. The van der Waals surface area contributed by atoms with Crippen LogP contribution in [0.3, 0.4) is 0 Å². The first-order valence-electron chi connectivity index (χ1n) is 5.68. The number of hydrogen-bond donors (Lipinski definition) is 1. The van der Waals surface area contributed by atoms with Crippen LogP contribution in [-0.4, -0.2) is 16.1 Å². The minimum absolute atomic E-state index is 0.413. The minimum atomic E-state index is -0.968. The fourth-order valence-corrected chi connectivity index (χ4v) is 2.10. The molecular formula is C14H13NO3S. The number of hydrogen-bond acceptors (Lipinski definition) is 4. The van der Waals surface area contributed by atoms with Crippen LogP contribution in [0.1, 0.15) is 16.3 Å². The molecule has 1 N–H and O–H groups in total. The average molecular weight is 275 g/mol. The zero-order valence-corrected chi connectivity index (χ0v) is 11.2. The van der Waals surface area contributed by atoms with Crippen LogP contribution in [0, 0.1) is 6.92 Å². The minimum Gasteiger partial charge on any atom is -0.487 e. The molecule has 0 amide bonds. The van der Waals surface area contributed by atoms with E-state index in [0.29, 0.717) is 12.4 Å². The summed E-state index contributed by atoms with van der Waals surface area (Å²) in [5.74, 6) is -0.275. The first-order chi connectivity index (χ1) is 9.13. The van der Waals surface area contributed by atoms with Crippen LogP contribution in [0.15, 0.2) is 35.7 Å². The van der Waals surface area contributed by atoms with Crippen LogP contribution in [0.5, 0.6) is 5.75 Å². The second-order valence-corrected chi connectivity index (χ2v) is 4.95. The Morgan fingerprint density at radius 3 is 3.05 bits per heavy atom. The Hall–Kier alpha value is -2.14. The maximum atomic E-state index is 10.4. The van der Waals surface area contributed by atoms with Crippen molar-refractivity contribution in [3.05, 3.63) is 52.0 Å². The number of aliphatic carboxylic acids is 1. The monoisotopic (exact) mass is 275 g/mol. The van der Waals surface area contributed by atoms with Gasteiger partial charge < -0.3 is 9.84 Å². The summed E-state index contributed by atoms with van der Waals surface area (Å²) < 4.78 is 5.62. The maximum absolute atomic E-state index is 10.4. The summed E-state index contributed by atoms with van der Waals surface area (Å²) in [6.07, 6.45) is 2.63. The van der Waals surface area contributed by atoms with E-state index in [-0.39, 0.29) is 0 Å². The first-order valence-corrected chi connectivity index (χ1v) is 6.56. The summed E-state index contributed by atoms with van der Waals surface area (Å²) in [6, 6.07) is 7.26. The maximum Gasteiger partial charge on any atom is 0.328 e. The summed E-state index contributed by atoms with van der Waals surface area (Å²) >= 11 is 1.59. The highest BCUT2D eigenvalue weighted by atomic mass is 32.1. The number of carbonyl (C=O) groups is 1. The number of aryl methyl sites for hydroxylation is 1. The number of thiazole rings is 1. The van der Waals surface area contributed by atoms with Crippen molar-refractivity contribution >= 4 is 23.4 Å². The van der Waals surface area contributed by atoms with E-state index in [1.165, 1.54) is 6.08 Å². The molecular weight excluding hydrogens is 262 g/mol. The third-order valence-corrected chi connectivity index (χ3v) is 3.15. The van der Waals surface area contributed by atoms with Gasteiger partial charge in [-0.25, -0.2) is 9.78 Å². The summed E-state index contributed by atoms with van der Waals surface area (Å²) in [6.45, 7) is 2.36. The van der Waals surface area contributed by atoms with Crippen LogP contribution in [-0.2, 0) is 11.4 Å². The van der Waals surface area contributed by atoms with Crippen molar-refractivity contribution in [2.45, 2.75) is 13.5 Å². The molecule has 1 aromatic heterocycles. The lowest BCUT2D eigenvalue weighted by atomic mass is 10.2. The Morgan fingerprint density at radius 2 is 2.37 bits per heavy atom. The second-order valence-electron chi connectivity index (χ2n) is 3.89. The molecule has 2 aromatic rings. The molecule has 0 aliphatic carbocycles. The molecule has 98 valence electrons. The normalized spacial score (nSPS) is 10.8. The number of ether oxygens (including phenoxy) is 1. The van der Waals surface area contributed by atoms with Crippen LogP contribution in [0.25, 0.3) is 6.08 Å². The van der Waals surface area contributed by atoms with E-state index in [1.807, 2.05) is 30.5 Å². The van der Waals surface area contributed by atoms with Gasteiger partial charge in [0.05, 0.1) is 10.7 Å². The Balaban J connectivity index is 2.00. The third-order valence-electron chi connectivity index (χ3n) is 2.33. The smallest absolute Gasteiger partial charge is 0.328 e. The average Bonchev–Trinajstić information content (AvgIpc) is 2.80. The van der Waals surface area contributed by atoms with Crippen molar-refractivity contribution in [3.8, 4) is 5.75 Å². The molecule has 19 heavy (non-hydrogen) atoms. The summed E-state index contributed by atoms with van der Waals surface area (Å²) in [4.78, 5) is 14.8. The summed E-state index contributed by atoms with van der Waals surface area (Å²) in [5, 5.41) is 11.5. The molecule has 0 fully saturated rings. The number of aromatic nitrogens is 1. The predicted molar refractivity (Wildman–Crippen MR) is 74.3 cm³/mol. The number of nitrogens with zero attached hydrogens (tertiary/aromatic N) is 1. The molecule has 0 saturated heterocycles. The summed E-state index contributed by atoms with van der Waals surface area (Å²) in [5.41, 5.74) is 1.68. The van der Waals surface area contributed by atoms with E-state index in [2.05, 4.69) is 4.98 Å². The van der Waals surface area contributed by atoms with Gasteiger partial charge in [-0.1, -0.05) is 12.1 Å². The van der Waals surface area contributed by atoms with Gasteiger partial charge in [0.15, 0.2) is 0 Å². The van der Waals surface area contributed by atoms with Crippen LogP contribution in [0.4, 0.5) is 0 Å². The highest BCUT2D eigenvalue weighted by Crippen LogP contribution is 2.17. The lowest BCUT2D eigenvalue weighted by Crippen LogP contribution is -1.95. The number of rotatable bonds is 5. The van der Waals surface area contributed by atoms with E-state index >= 15 is 0 Å². The number of carboxylic acids is 1. The summed E-state index contributed by atoms with van der Waals surface area (Å²) in [7, 11) is 0.